The van der Waals surface area contributed by atoms with Crippen LogP contribution in [0.1, 0.15) is 28.4 Å². The smallest absolute Gasteiger partial charge is 0.272 e. The monoisotopic (exact) mass is 341 g/mol. The summed E-state index contributed by atoms with van der Waals surface area (Å²) in [6, 6.07) is 9.53. The van der Waals surface area contributed by atoms with Crippen LogP contribution in [0.25, 0.3) is 0 Å². The fourth-order valence-corrected chi connectivity index (χ4v) is 2.39. The first kappa shape index (κ1) is 16.4. The number of rotatable bonds is 4. The number of hydrogen-bond donors (Lipinski definition) is 1. The third-order valence-electron chi connectivity index (χ3n) is 3.77. The van der Waals surface area contributed by atoms with E-state index in [-0.39, 0.29) is 12.5 Å². The number of benzene rings is 2. The van der Waals surface area contributed by atoms with Crippen molar-refractivity contribution in [2.24, 2.45) is 5.10 Å². The van der Waals surface area contributed by atoms with Crippen LogP contribution in [-0.4, -0.2) is 23.3 Å². The highest BCUT2D eigenvalue weighted by molar-refractivity contribution is 6.01. The Hall–Kier alpha value is -3.42. The standard InChI is InChI=1S/C17H15N3O5/c1-10-7-13(3-5-14(10)20(22)23)17(21)19-18-11(2)12-4-6-15-16(8-12)25-9-24-15/h3-8H,9H2,1-2H3,(H,19,21). The molecule has 0 atom stereocenters. The van der Waals surface area contributed by atoms with Crippen molar-refractivity contribution in [3.05, 3.63) is 63.2 Å². The molecule has 2 aromatic rings. The number of fused-ring (bicyclic) bond motifs is 1. The minimum Gasteiger partial charge on any atom is -0.454 e. The summed E-state index contributed by atoms with van der Waals surface area (Å²) >= 11 is 0. The highest BCUT2D eigenvalue weighted by atomic mass is 16.7. The molecule has 25 heavy (non-hydrogen) atoms. The Balaban J connectivity index is 1.73. The van der Waals surface area contributed by atoms with E-state index in [9.17, 15) is 14.9 Å². The second kappa shape index (κ2) is 6.60. The van der Waals surface area contributed by atoms with Crippen LogP contribution in [0.15, 0.2) is 41.5 Å². The second-order valence-corrected chi connectivity index (χ2v) is 5.46. The van der Waals surface area contributed by atoms with Gasteiger partial charge >= 0.3 is 0 Å². The molecule has 2 aromatic carbocycles. The lowest BCUT2D eigenvalue weighted by atomic mass is 10.1. The molecule has 0 fully saturated rings. The van der Waals surface area contributed by atoms with E-state index in [1.165, 1.54) is 18.2 Å². The molecule has 8 nitrogen and oxygen atoms in total. The van der Waals surface area contributed by atoms with Crippen molar-refractivity contribution in [2.45, 2.75) is 13.8 Å². The SMILES string of the molecule is CC(=NNC(=O)c1ccc([N+](=O)[O-])c(C)c1)c1ccc2c(c1)OCO2. The van der Waals surface area contributed by atoms with Crippen LogP contribution in [0.4, 0.5) is 5.69 Å². The fraction of sp³-hybridized carbons (Fsp3) is 0.176. The van der Waals surface area contributed by atoms with Gasteiger partial charge in [0.15, 0.2) is 11.5 Å². The Bertz CT molecular complexity index is 892. The van der Waals surface area contributed by atoms with Crippen LogP contribution in [-0.2, 0) is 0 Å². The summed E-state index contributed by atoms with van der Waals surface area (Å²) in [4.78, 5) is 22.5. The number of hydrogen-bond acceptors (Lipinski definition) is 6. The third kappa shape index (κ3) is 3.42. The fourth-order valence-electron chi connectivity index (χ4n) is 2.39. The number of aryl methyl sites for hydroxylation is 1. The van der Waals surface area contributed by atoms with E-state index in [1.807, 2.05) is 6.07 Å². The zero-order valence-corrected chi connectivity index (χ0v) is 13.6. The van der Waals surface area contributed by atoms with Crippen LogP contribution >= 0.6 is 0 Å². The highest BCUT2D eigenvalue weighted by Gasteiger charge is 2.15. The van der Waals surface area contributed by atoms with Gasteiger partial charge < -0.3 is 9.47 Å². The lowest BCUT2D eigenvalue weighted by Crippen LogP contribution is -2.19. The third-order valence-corrected chi connectivity index (χ3v) is 3.77. The van der Waals surface area contributed by atoms with Crippen molar-refractivity contribution in [3.8, 4) is 11.5 Å². The Morgan fingerprint density at radius 3 is 2.60 bits per heavy atom. The first-order valence-electron chi connectivity index (χ1n) is 7.45. The molecule has 0 bridgehead atoms. The molecule has 1 N–H and O–H groups in total. The normalized spacial score (nSPS) is 12.8. The van der Waals surface area contributed by atoms with E-state index >= 15 is 0 Å². The molecule has 0 radical (unpaired) electrons. The molecule has 1 aliphatic rings. The van der Waals surface area contributed by atoms with Crippen LogP contribution in [0.5, 0.6) is 11.5 Å². The number of carbonyl (C=O) groups is 1. The molecule has 1 aliphatic heterocycles. The molecule has 0 saturated heterocycles. The molecule has 3 rings (SSSR count). The number of nitro benzene ring substituents is 1. The zero-order valence-electron chi connectivity index (χ0n) is 13.6. The van der Waals surface area contributed by atoms with Gasteiger partial charge in [0, 0.05) is 22.8 Å². The molecule has 1 amide bonds. The molecular formula is C17H15N3O5. The van der Waals surface area contributed by atoms with Gasteiger partial charge in [-0.25, -0.2) is 5.43 Å². The van der Waals surface area contributed by atoms with Crippen molar-refractivity contribution < 1.29 is 19.2 Å². The minimum absolute atomic E-state index is 0.0309. The summed E-state index contributed by atoms with van der Waals surface area (Å²) < 4.78 is 10.6. The van der Waals surface area contributed by atoms with Crippen LogP contribution < -0.4 is 14.9 Å². The number of nitro groups is 1. The molecule has 0 unspecified atom stereocenters. The topological polar surface area (TPSA) is 103 Å². The second-order valence-electron chi connectivity index (χ2n) is 5.46. The zero-order chi connectivity index (χ0) is 18.0. The van der Waals surface area contributed by atoms with E-state index in [4.69, 9.17) is 9.47 Å². The predicted molar refractivity (Wildman–Crippen MR) is 90.1 cm³/mol. The summed E-state index contributed by atoms with van der Waals surface area (Å²) in [5, 5.41) is 14.9. The van der Waals surface area contributed by atoms with Crippen molar-refractivity contribution >= 4 is 17.3 Å². The van der Waals surface area contributed by atoms with E-state index in [1.54, 1.807) is 26.0 Å². The van der Waals surface area contributed by atoms with Crippen LogP contribution in [0, 0.1) is 17.0 Å². The molecule has 128 valence electrons. The summed E-state index contributed by atoms with van der Waals surface area (Å²) in [6.07, 6.45) is 0. The molecule has 0 saturated carbocycles. The van der Waals surface area contributed by atoms with E-state index in [2.05, 4.69) is 10.5 Å². The number of carbonyl (C=O) groups excluding carboxylic acids is 1. The van der Waals surface area contributed by atoms with Crippen LogP contribution in [0.3, 0.4) is 0 Å². The van der Waals surface area contributed by atoms with E-state index in [0.29, 0.717) is 28.3 Å². The van der Waals surface area contributed by atoms with Crippen molar-refractivity contribution in [1.82, 2.24) is 5.43 Å². The maximum atomic E-state index is 12.2. The van der Waals surface area contributed by atoms with E-state index < -0.39 is 10.8 Å². The van der Waals surface area contributed by atoms with Crippen molar-refractivity contribution in [3.63, 3.8) is 0 Å². The Labute approximate surface area is 143 Å². The Morgan fingerprint density at radius 1 is 1.16 bits per heavy atom. The number of nitrogens with one attached hydrogen (secondary N) is 1. The lowest BCUT2D eigenvalue weighted by molar-refractivity contribution is -0.385. The maximum absolute atomic E-state index is 12.2. The van der Waals surface area contributed by atoms with Gasteiger partial charge in [-0.3, -0.25) is 14.9 Å². The Morgan fingerprint density at radius 2 is 1.88 bits per heavy atom. The summed E-state index contributed by atoms with van der Waals surface area (Å²) in [5.74, 6) is 0.851. The molecule has 0 aliphatic carbocycles. The van der Waals surface area contributed by atoms with Crippen LogP contribution in [0.2, 0.25) is 0 Å². The number of nitrogens with zero attached hydrogens (tertiary/aromatic N) is 2. The number of hydrazone groups is 1. The first-order valence-corrected chi connectivity index (χ1v) is 7.45. The maximum Gasteiger partial charge on any atom is 0.272 e. The highest BCUT2D eigenvalue weighted by Crippen LogP contribution is 2.32. The molecule has 1 heterocycles. The van der Waals surface area contributed by atoms with Gasteiger partial charge in [-0.1, -0.05) is 0 Å². The first-order chi connectivity index (χ1) is 12.0. The van der Waals surface area contributed by atoms with Gasteiger partial charge in [0.1, 0.15) is 0 Å². The van der Waals surface area contributed by atoms with Gasteiger partial charge in [-0.15, -0.1) is 0 Å². The predicted octanol–water partition coefficient (Wildman–Crippen LogP) is 2.79. The molecular weight excluding hydrogens is 326 g/mol. The van der Waals surface area contributed by atoms with Gasteiger partial charge in [0.25, 0.3) is 11.6 Å². The quantitative estimate of drug-likeness (QED) is 0.523. The largest absolute Gasteiger partial charge is 0.454 e. The van der Waals surface area contributed by atoms with Crippen molar-refractivity contribution in [1.29, 1.82) is 0 Å². The van der Waals surface area contributed by atoms with Crippen molar-refractivity contribution in [2.75, 3.05) is 6.79 Å². The average Bonchev–Trinajstić information content (AvgIpc) is 3.06. The lowest BCUT2D eigenvalue weighted by Gasteiger charge is -2.05. The molecule has 0 spiro atoms. The average molecular weight is 341 g/mol. The van der Waals surface area contributed by atoms with Gasteiger partial charge in [-0.05, 0) is 44.2 Å². The Kier molecular flexibility index (Phi) is 4.34. The number of amides is 1. The number of ether oxygens (including phenoxy) is 2. The summed E-state index contributed by atoms with van der Waals surface area (Å²) in [6.45, 7) is 3.51. The van der Waals surface area contributed by atoms with E-state index in [0.717, 1.165) is 5.56 Å². The summed E-state index contributed by atoms with van der Waals surface area (Å²) in [5.41, 5.74) is 4.49. The van der Waals surface area contributed by atoms with Gasteiger partial charge in [0.2, 0.25) is 6.79 Å². The van der Waals surface area contributed by atoms with Gasteiger partial charge in [0.05, 0.1) is 10.6 Å². The summed E-state index contributed by atoms with van der Waals surface area (Å²) in [7, 11) is 0. The molecule has 8 heteroatoms. The molecule has 0 aromatic heterocycles. The minimum atomic E-state index is -0.487. The van der Waals surface area contributed by atoms with Gasteiger partial charge in [-0.2, -0.15) is 5.10 Å².